The fourth-order valence-corrected chi connectivity index (χ4v) is 1.01. The molecule has 0 atom stereocenters. The zero-order valence-electron chi connectivity index (χ0n) is 4.56. The molecule has 0 unspecified atom stereocenters. The Balaban J connectivity index is 2.17. The zero-order chi connectivity index (χ0) is 5.82. The van der Waals surface area contributed by atoms with Gasteiger partial charge in [0.2, 0.25) is 0 Å². The van der Waals surface area contributed by atoms with Gasteiger partial charge in [0, 0.05) is 42.5 Å². The molecule has 1 N–H and O–H groups in total. The lowest BCUT2D eigenvalue weighted by molar-refractivity contribution is -0.0408. The van der Waals surface area contributed by atoms with E-state index in [1.165, 1.54) is 0 Å². The van der Waals surface area contributed by atoms with Crippen LogP contribution >= 0.6 is 22.9 Å². The third-order valence-corrected chi connectivity index (χ3v) is 1.74. The Morgan fingerprint density at radius 3 is 3.25 bits per heavy atom. The maximum Gasteiger partial charge on any atom is 0.0819 e. The topological polar surface area (TPSA) is 24.5 Å². The van der Waals surface area contributed by atoms with E-state index in [4.69, 9.17) is 4.84 Å². The summed E-state index contributed by atoms with van der Waals surface area (Å²) in [6.45, 7) is 3.77. The number of hydrogen-bond acceptors (Lipinski definition) is 3. The SMILES string of the molecule is IN1CCNCCO1. The highest BCUT2D eigenvalue weighted by Gasteiger charge is 2.02. The summed E-state index contributed by atoms with van der Waals surface area (Å²) >= 11 is 2.15. The van der Waals surface area contributed by atoms with Crippen LogP contribution < -0.4 is 5.32 Å². The van der Waals surface area contributed by atoms with E-state index >= 15 is 0 Å². The molecule has 0 radical (unpaired) electrons. The van der Waals surface area contributed by atoms with Crippen LogP contribution in [0.1, 0.15) is 0 Å². The predicted octanol–water partition coefficient (Wildman–Crippen LogP) is 0.173. The second-order valence-corrected chi connectivity index (χ2v) is 2.70. The van der Waals surface area contributed by atoms with Crippen LogP contribution in [0.3, 0.4) is 0 Å². The van der Waals surface area contributed by atoms with Gasteiger partial charge in [-0.2, -0.15) is 0 Å². The standard InChI is InChI=1S/C4H9IN2O/c5-7-3-1-6-2-4-8-7/h6H,1-4H2. The molecular weight excluding hydrogens is 219 g/mol. The molecule has 48 valence electrons. The van der Waals surface area contributed by atoms with Gasteiger partial charge in [-0.05, 0) is 0 Å². The molecular formula is C4H9IN2O. The van der Waals surface area contributed by atoms with Crippen molar-refractivity contribution < 1.29 is 4.84 Å². The van der Waals surface area contributed by atoms with Crippen LogP contribution in [0.2, 0.25) is 0 Å². The van der Waals surface area contributed by atoms with Crippen LogP contribution in [0.4, 0.5) is 0 Å². The highest BCUT2D eigenvalue weighted by molar-refractivity contribution is 14.1. The van der Waals surface area contributed by atoms with E-state index in [2.05, 4.69) is 28.2 Å². The number of nitrogens with zero attached hydrogens (tertiary/aromatic N) is 1. The average Bonchev–Trinajstić information content (AvgIpc) is 1.94. The summed E-state index contributed by atoms with van der Waals surface area (Å²) in [6, 6.07) is 0. The van der Waals surface area contributed by atoms with Crippen LogP contribution in [0, 0.1) is 0 Å². The van der Waals surface area contributed by atoms with Gasteiger partial charge in [-0.3, -0.25) is 4.84 Å². The van der Waals surface area contributed by atoms with Crippen LogP contribution in [0.5, 0.6) is 0 Å². The van der Waals surface area contributed by atoms with E-state index in [9.17, 15) is 0 Å². The van der Waals surface area contributed by atoms with E-state index in [0.29, 0.717) is 0 Å². The Bertz CT molecular complexity index is 63.1. The largest absolute Gasteiger partial charge is 0.313 e. The second-order valence-electron chi connectivity index (χ2n) is 1.62. The smallest absolute Gasteiger partial charge is 0.0819 e. The van der Waals surface area contributed by atoms with Crippen molar-refractivity contribution in [3.8, 4) is 0 Å². The van der Waals surface area contributed by atoms with Crippen molar-refractivity contribution in [2.45, 2.75) is 0 Å². The lowest BCUT2D eigenvalue weighted by atomic mass is 10.6. The summed E-state index contributed by atoms with van der Waals surface area (Å²) in [4.78, 5) is 5.16. The maximum atomic E-state index is 5.16. The normalized spacial score (nSPS) is 25.1. The second kappa shape index (κ2) is 3.60. The van der Waals surface area contributed by atoms with E-state index in [-0.39, 0.29) is 0 Å². The minimum atomic E-state index is 0.795. The summed E-state index contributed by atoms with van der Waals surface area (Å²) < 4.78 is 1.83. The fourth-order valence-electron chi connectivity index (χ4n) is 0.573. The Morgan fingerprint density at radius 2 is 2.38 bits per heavy atom. The molecule has 1 aliphatic heterocycles. The van der Waals surface area contributed by atoms with Gasteiger partial charge in [-0.1, -0.05) is 0 Å². The summed E-state index contributed by atoms with van der Waals surface area (Å²) in [7, 11) is 0. The van der Waals surface area contributed by atoms with E-state index in [0.717, 1.165) is 26.2 Å². The molecule has 3 nitrogen and oxygen atoms in total. The molecule has 0 saturated carbocycles. The maximum absolute atomic E-state index is 5.16. The summed E-state index contributed by atoms with van der Waals surface area (Å²) in [5.74, 6) is 0. The average molecular weight is 228 g/mol. The van der Waals surface area contributed by atoms with Crippen molar-refractivity contribution in [2.75, 3.05) is 26.2 Å². The molecule has 1 rings (SSSR count). The summed E-state index contributed by atoms with van der Waals surface area (Å²) in [6.07, 6.45) is 0. The molecule has 0 aliphatic carbocycles. The van der Waals surface area contributed by atoms with Crippen molar-refractivity contribution in [1.82, 2.24) is 8.59 Å². The number of hydrogen-bond donors (Lipinski definition) is 1. The first-order valence-corrected chi connectivity index (χ1v) is 3.63. The minimum absolute atomic E-state index is 0.795. The van der Waals surface area contributed by atoms with Crippen LogP contribution in [-0.4, -0.2) is 29.5 Å². The van der Waals surface area contributed by atoms with Gasteiger partial charge in [0.15, 0.2) is 0 Å². The minimum Gasteiger partial charge on any atom is -0.313 e. The van der Waals surface area contributed by atoms with E-state index in [1.54, 1.807) is 0 Å². The van der Waals surface area contributed by atoms with Crippen molar-refractivity contribution in [3.63, 3.8) is 0 Å². The lowest BCUT2D eigenvalue weighted by Gasteiger charge is -2.07. The molecule has 0 spiro atoms. The zero-order valence-corrected chi connectivity index (χ0v) is 6.72. The number of hydroxylamine groups is 1. The van der Waals surface area contributed by atoms with Crippen molar-refractivity contribution >= 4 is 22.9 Å². The summed E-state index contributed by atoms with van der Waals surface area (Å²) in [5, 5.41) is 3.21. The van der Waals surface area contributed by atoms with Crippen LogP contribution in [-0.2, 0) is 4.84 Å². The highest BCUT2D eigenvalue weighted by Crippen LogP contribution is 1.99. The van der Waals surface area contributed by atoms with Gasteiger partial charge in [-0.25, -0.2) is 0 Å². The number of nitrogens with one attached hydrogen (secondary N) is 1. The molecule has 1 aliphatic rings. The first kappa shape index (κ1) is 6.73. The van der Waals surface area contributed by atoms with Gasteiger partial charge in [0.05, 0.1) is 6.61 Å². The van der Waals surface area contributed by atoms with Gasteiger partial charge in [0.1, 0.15) is 0 Å². The molecule has 0 bridgehead atoms. The molecule has 0 aromatic carbocycles. The first-order chi connectivity index (χ1) is 3.89. The third-order valence-electron chi connectivity index (χ3n) is 0.975. The van der Waals surface area contributed by atoms with Crippen molar-refractivity contribution in [1.29, 1.82) is 0 Å². The lowest BCUT2D eigenvalue weighted by Crippen LogP contribution is -2.19. The van der Waals surface area contributed by atoms with Crippen LogP contribution in [0.25, 0.3) is 0 Å². The Labute approximate surface area is 62.8 Å². The quantitative estimate of drug-likeness (QED) is 0.472. The summed E-state index contributed by atoms with van der Waals surface area (Å²) in [5.41, 5.74) is 0. The first-order valence-electron chi connectivity index (χ1n) is 2.66. The molecule has 0 aromatic rings. The van der Waals surface area contributed by atoms with E-state index in [1.807, 2.05) is 3.28 Å². The molecule has 1 fully saturated rings. The molecule has 1 saturated heterocycles. The van der Waals surface area contributed by atoms with E-state index < -0.39 is 0 Å². The highest BCUT2D eigenvalue weighted by atomic mass is 127. The van der Waals surface area contributed by atoms with Crippen LogP contribution in [0.15, 0.2) is 0 Å². The Kier molecular flexibility index (Phi) is 3.03. The molecule has 1 heterocycles. The number of rotatable bonds is 0. The Morgan fingerprint density at radius 1 is 1.50 bits per heavy atom. The van der Waals surface area contributed by atoms with Gasteiger partial charge < -0.3 is 5.32 Å². The molecule has 8 heavy (non-hydrogen) atoms. The fraction of sp³-hybridized carbons (Fsp3) is 1.00. The predicted molar refractivity (Wildman–Crippen MR) is 39.5 cm³/mol. The molecule has 0 amide bonds. The van der Waals surface area contributed by atoms with Gasteiger partial charge in [-0.15, -0.1) is 3.28 Å². The van der Waals surface area contributed by atoms with Crippen molar-refractivity contribution in [2.24, 2.45) is 0 Å². The monoisotopic (exact) mass is 228 g/mol. The molecule has 0 aromatic heterocycles. The molecule has 4 heteroatoms. The Hall–Kier alpha value is 0.610. The van der Waals surface area contributed by atoms with Gasteiger partial charge >= 0.3 is 0 Å². The van der Waals surface area contributed by atoms with Gasteiger partial charge in [0.25, 0.3) is 0 Å². The number of halogens is 1. The van der Waals surface area contributed by atoms with Crippen molar-refractivity contribution in [3.05, 3.63) is 0 Å². The third kappa shape index (κ3) is 2.25.